The molecule has 0 spiro atoms. The maximum atomic E-state index is 4.21. The summed E-state index contributed by atoms with van der Waals surface area (Å²) in [5, 5.41) is 0. The van der Waals surface area contributed by atoms with Gasteiger partial charge in [0.2, 0.25) is 0 Å². The zero-order valence-corrected chi connectivity index (χ0v) is 11.0. The van der Waals surface area contributed by atoms with Crippen LogP contribution in [0.2, 0.25) is 0 Å². The summed E-state index contributed by atoms with van der Waals surface area (Å²) in [5.74, 6) is 1.35. The standard InChI is InChI=1S/C13H14N2.Li.2H2O/c1-10(2)11-4-6-12(7-5-11)13-14-8-3-9-15-13;;;/h3-10H,1-2H3;;2*1H2/q;+1;;/p-1. The molecule has 0 atom stereocenters. The summed E-state index contributed by atoms with van der Waals surface area (Å²) in [6.07, 6.45) is 3.53. The molecule has 18 heavy (non-hydrogen) atoms. The Balaban J connectivity index is 0. The van der Waals surface area contributed by atoms with Crippen molar-refractivity contribution in [1.29, 1.82) is 0 Å². The normalized spacial score (nSPS) is 8.83. The van der Waals surface area contributed by atoms with Crippen LogP contribution in [0.4, 0.5) is 0 Å². The van der Waals surface area contributed by atoms with Crippen LogP contribution in [0, 0.1) is 0 Å². The van der Waals surface area contributed by atoms with Crippen molar-refractivity contribution in [2.24, 2.45) is 0 Å². The molecule has 5 heteroatoms. The Labute approximate surface area is 119 Å². The fourth-order valence-electron chi connectivity index (χ4n) is 1.47. The van der Waals surface area contributed by atoms with Crippen LogP contribution in [0.1, 0.15) is 25.3 Å². The molecule has 1 aromatic heterocycles. The van der Waals surface area contributed by atoms with Gasteiger partial charge in [0.15, 0.2) is 5.82 Å². The quantitative estimate of drug-likeness (QED) is 0.648. The molecule has 0 aliphatic carbocycles. The summed E-state index contributed by atoms with van der Waals surface area (Å²) in [7, 11) is 0. The molecule has 1 aromatic carbocycles. The minimum absolute atomic E-state index is 0. The molecule has 0 saturated heterocycles. The van der Waals surface area contributed by atoms with Crippen molar-refractivity contribution in [3.8, 4) is 11.4 Å². The Morgan fingerprint density at radius 1 is 0.944 bits per heavy atom. The van der Waals surface area contributed by atoms with E-state index in [0.717, 1.165) is 11.4 Å². The van der Waals surface area contributed by atoms with E-state index in [1.54, 1.807) is 12.4 Å². The second kappa shape index (κ2) is 8.84. The molecule has 0 aliphatic heterocycles. The van der Waals surface area contributed by atoms with Crippen LogP contribution in [0.3, 0.4) is 0 Å². The van der Waals surface area contributed by atoms with E-state index >= 15 is 0 Å². The van der Waals surface area contributed by atoms with Crippen LogP contribution < -0.4 is 18.9 Å². The smallest absolute Gasteiger partial charge is 0.870 e. The maximum absolute atomic E-state index is 4.21. The summed E-state index contributed by atoms with van der Waals surface area (Å²) in [6.45, 7) is 4.38. The Morgan fingerprint density at radius 3 is 1.89 bits per heavy atom. The molecule has 0 unspecified atom stereocenters. The van der Waals surface area contributed by atoms with Crippen molar-refractivity contribution in [2.75, 3.05) is 0 Å². The second-order valence-corrected chi connectivity index (χ2v) is 3.85. The zero-order valence-electron chi connectivity index (χ0n) is 11.0. The molecule has 0 bridgehead atoms. The van der Waals surface area contributed by atoms with Crippen molar-refractivity contribution in [1.82, 2.24) is 9.97 Å². The summed E-state index contributed by atoms with van der Waals surface area (Å²) in [5.41, 5.74) is 2.41. The number of nitrogens with zero attached hydrogens (tertiary/aromatic N) is 2. The monoisotopic (exact) mass is 240 g/mol. The zero-order chi connectivity index (χ0) is 10.7. The van der Waals surface area contributed by atoms with Crippen LogP contribution >= 0.6 is 0 Å². The van der Waals surface area contributed by atoms with E-state index in [4.69, 9.17) is 0 Å². The summed E-state index contributed by atoms with van der Waals surface area (Å²) < 4.78 is 0. The van der Waals surface area contributed by atoms with Crippen LogP contribution in [0.15, 0.2) is 42.7 Å². The van der Waals surface area contributed by atoms with Crippen LogP contribution in [0.5, 0.6) is 0 Å². The first-order valence-corrected chi connectivity index (χ1v) is 5.15. The number of hydrogen-bond donors (Lipinski definition) is 0. The average Bonchev–Trinajstić information content (AvgIpc) is 2.30. The summed E-state index contributed by atoms with van der Waals surface area (Å²) in [4.78, 5) is 8.42. The van der Waals surface area contributed by atoms with Gasteiger partial charge in [0.05, 0.1) is 0 Å². The first-order valence-electron chi connectivity index (χ1n) is 5.15. The van der Waals surface area contributed by atoms with Gasteiger partial charge in [-0.15, -0.1) is 0 Å². The van der Waals surface area contributed by atoms with Crippen molar-refractivity contribution in [3.63, 3.8) is 0 Å². The average molecular weight is 240 g/mol. The second-order valence-electron chi connectivity index (χ2n) is 3.85. The first-order chi connectivity index (χ1) is 7.27. The molecule has 0 saturated carbocycles. The summed E-state index contributed by atoms with van der Waals surface area (Å²) >= 11 is 0. The molecule has 0 aliphatic rings. The third-order valence-electron chi connectivity index (χ3n) is 2.40. The fourth-order valence-corrected chi connectivity index (χ4v) is 1.47. The molecule has 3 N–H and O–H groups in total. The predicted octanol–water partition coefficient (Wildman–Crippen LogP) is -0.731. The molecule has 0 radical (unpaired) electrons. The van der Waals surface area contributed by atoms with Crippen molar-refractivity contribution in [2.45, 2.75) is 19.8 Å². The molecule has 0 amide bonds. The Hall–Kier alpha value is -1.18. The van der Waals surface area contributed by atoms with Crippen molar-refractivity contribution in [3.05, 3.63) is 48.3 Å². The van der Waals surface area contributed by atoms with Gasteiger partial charge in [-0.05, 0) is 17.5 Å². The summed E-state index contributed by atoms with van der Waals surface area (Å²) in [6, 6.07) is 10.2. The van der Waals surface area contributed by atoms with Crippen LogP contribution in [0.25, 0.3) is 11.4 Å². The van der Waals surface area contributed by atoms with Crippen LogP contribution in [-0.4, -0.2) is 20.9 Å². The van der Waals surface area contributed by atoms with E-state index in [2.05, 4.69) is 48.1 Å². The SMILES string of the molecule is CC(C)c1ccc(-c2ncccn2)cc1.O.[Li+].[OH-]. The predicted molar refractivity (Wildman–Crippen MR) is 67.1 cm³/mol. The molecular weight excluding hydrogens is 223 g/mol. The molecular formula is C13H17LiN2O2. The number of aromatic nitrogens is 2. The van der Waals surface area contributed by atoms with E-state index in [1.807, 2.05) is 6.07 Å². The van der Waals surface area contributed by atoms with Gasteiger partial charge in [0.1, 0.15) is 0 Å². The molecule has 4 nitrogen and oxygen atoms in total. The number of hydrogen-bond acceptors (Lipinski definition) is 3. The minimum Gasteiger partial charge on any atom is -0.870 e. The molecule has 1 heterocycles. The molecule has 2 rings (SSSR count). The largest absolute Gasteiger partial charge is 1.00 e. The van der Waals surface area contributed by atoms with Gasteiger partial charge in [0, 0.05) is 18.0 Å². The number of rotatable bonds is 2. The molecule has 0 fully saturated rings. The minimum atomic E-state index is 0. The fraction of sp³-hybridized carbons (Fsp3) is 0.231. The van der Waals surface area contributed by atoms with Gasteiger partial charge in [0.25, 0.3) is 0 Å². The third-order valence-corrected chi connectivity index (χ3v) is 2.40. The van der Waals surface area contributed by atoms with E-state index in [-0.39, 0.29) is 29.8 Å². The molecule has 2 aromatic rings. The van der Waals surface area contributed by atoms with Crippen molar-refractivity contribution >= 4 is 0 Å². The Morgan fingerprint density at radius 2 is 1.44 bits per heavy atom. The van der Waals surface area contributed by atoms with E-state index < -0.39 is 0 Å². The molecule has 92 valence electrons. The maximum Gasteiger partial charge on any atom is 1.00 e. The van der Waals surface area contributed by atoms with Gasteiger partial charge in [-0.25, -0.2) is 9.97 Å². The third kappa shape index (κ3) is 4.59. The Bertz CT molecular complexity index is 433. The van der Waals surface area contributed by atoms with Gasteiger partial charge in [-0.3, -0.25) is 0 Å². The van der Waals surface area contributed by atoms with E-state index in [0.29, 0.717) is 5.92 Å². The van der Waals surface area contributed by atoms with Gasteiger partial charge in [-0.1, -0.05) is 38.1 Å². The van der Waals surface area contributed by atoms with Gasteiger partial charge >= 0.3 is 18.9 Å². The number of benzene rings is 1. The van der Waals surface area contributed by atoms with E-state index in [1.165, 1.54) is 5.56 Å². The first kappa shape index (κ1) is 19.2. The van der Waals surface area contributed by atoms with Gasteiger partial charge < -0.3 is 11.0 Å². The van der Waals surface area contributed by atoms with Gasteiger partial charge in [-0.2, -0.15) is 0 Å². The topological polar surface area (TPSA) is 87.3 Å². The Kier molecular flexibility index (Phi) is 9.41. The van der Waals surface area contributed by atoms with E-state index in [9.17, 15) is 0 Å². The van der Waals surface area contributed by atoms with Crippen molar-refractivity contribution < 1.29 is 29.8 Å². The van der Waals surface area contributed by atoms with Crippen LogP contribution in [-0.2, 0) is 0 Å².